The Kier molecular flexibility index (Phi) is 10.6. The van der Waals surface area contributed by atoms with Crippen molar-refractivity contribution < 1.29 is 14.3 Å². The summed E-state index contributed by atoms with van der Waals surface area (Å²) in [5.74, 6) is 1.63. The van der Waals surface area contributed by atoms with E-state index in [2.05, 4.69) is 55.1 Å². The Labute approximate surface area is 216 Å². The lowest BCUT2D eigenvalue weighted by Gasteiger charge is -2.36. The first-order valence-corrected chi connectivity index (χ1v) is 13.4. The number of anilines is 1. The molecule has 1 atom stereocenters. The number of amides is 2. The van der Waals surface area contributed by atoms with Gasteiger partial charge in [0.05, 0.1) is 0 Å². The first-order valence-electron chi connectivity index (χ1n) is 13.4. The number of primary amides is 1. The minimum absolute atomic E-state index is 0.143. The molecular formula is C30H43N3O3. The fourth-order valence-electron chi connectivity index (χ4n) is 4.55. The molecule has 6 nitrogen and oxygen atoms in total. The molecule has 1 heterocycles. The van der Waals surface area contributed by atoms with Crippen molar-refractivity contribution in [3.05, 3.63) is 60.2 Å². The minimum atomic E-state index is -0.334. The molecule has 196 valence electrons. The molecule has 0 spiro atoms. The zero-order valence-corrected chi connectivity index (χ0v) is 22.2. The number of hydrogen-bond donors (Lipinski definition) is 1. The molecule has 3 rings (SSSR count). The van der Waals surface area contributed by atoms with E-state index in [9.17, 15) is 9.59 Å². The maximum absolute atomic E-state index is 12.6. The molecule has 0 aromatic heterocycles. The SMILES string of the molecule is CC(C)CCN(CC1CCN(C(=O)CCC(C)C(N)=O)CC1)c1ccc(OCc2ccccc2)cc1. The molecular weight excluding hydrogens is 450 g/mol. The van der Waals surface area contributed by atoms with Crippen molar-refractivity contribution in [3.8, 4) is 5.75 Å². The van der Waals surface area contributed by atoms with Crippen LogP contribution in [0.2, 0.25) is 0 Å². The van der Waals surface area contributed by atoms with Crippen LogP contribution in [0.3, 0.4) is 0 Å². The monoisotopic (exact) mass is 493 g/mol. The fourth-order valence-corrected chi connectivity index (χ4v) is 4.55. The Bertz CT molecular complexity index is 938. The lowest BCUT2D eigenvalue weighted by atomic mass is 9.95. The van der Waals surface area contributed by atoms with Gasteiger partial charge in [-0.2, -0.15) is 0 Å². The van der Waals surface area contributed by atoms with Crippen LogP contribution in [-0.2, 0) is 16.2 Å². The van der Waals surface area contributed by atoms with Crippen LogP contribution in [-0.4, -0.2) is 42.9 Å². The Morgan fingerprint density at radius 3 is 2.28 bits per heavy atom. The minimum Gasteiger partial charge on any atom is -0.489 e. The predicted molar refractivity (Wildman–Crippen MR) is 146 cm³/mol. The van der Waals surface area contributed by atoms with Gasteiger partial charge in [0.2, 0.25) is 11.8 Å². The number of ether oxygens (including phenoxy) is 1. The van der Waals surface area contributed by atoms with Gasteiger partial charge in [0.1, 0.15) is 12.4 Å². The van der Waals surface area contributed by atoms with E-state index in [1.807, 2.05) is 23.1 Å². The van der Waals surface area contributed by atoms with E-state index in [0.717, 1.165) is 56.8 Å². The van der Waals surface area contributed by atoms with Gasteiger partial charge in [-0.25, -0.2) is 0 Å². The molecule has 2 aromatic carbocycles. The van der Waals surface area contributed by atoms with Gasteiger partial charge < -0.3 is 20.3 Å². The van der Waals surface area contributed by atoms with E-state index < -0.39 is 0 Å². The summed E-state index contributed by atoms with van der Waals surface area (Å²) in [5.41, 5.74) is 7.71. The van der Waals surface area contributed by atoms with Gasteiger partial charge in [0.15, 0.2) is 0 Å². The van der Waals surface area contributed by atoms with Gasteiger partial charge in [0, 0.05) is 44.2 Å². The number of hydrogen-bond acceptors (Lipinski definition) is 4. The predicted octanol–water partition coefficient (Wildman–Crippen LogP) is 5.26. The lowest BCUT2D eigenvalue weighted by molar-refractivity contribution is -0.133. The molecule has 0 bridgehead atoms. The van der Waals surface area contributed by atoms with Crippen LogP contribution in [0.1, 0.15) is 58.4 Å². The first-order chi connectivity index (χ1) is 17.3. The van der Waals surface area contributed by atoms with Gasteiger partial charge in [-0.15, -0.1) is 0 Å². The average Bonchev–Trinajstić information content (AvgIpc) is 2.89. The number of piperidine rings is 1. The second-order valence-electron chi connectivity index (χ2n) is 10.6. The Hall–Kier alpha value is -3.02. The van der Waals surface area contributed by atoms with Crippen LogP contribution in [0.15, 0.2) is 54.6 Å². The second kappa shape index (κ2) is 13.9. The van der Waals surface area contributed by atoms with Gasteiger partial charge >= 0.3 is 0 Å². The van der Waals surface area contributed by atoms with Crippen molar-refractivity contribution >= 4 is 17.5 Å². The highest BCUT2D eigenvalue weighted by Crippen LogP contribution is 2.26. The summed E-state index contributed by atoms with van der Waals surface area (Å²) in [5, 5.41) is 0. The maximum atomic E-state index is 12.6. The zero-order valence-electron chi connectivity index (χ0n) is 22.2. The molecule has 1 aliphatic heterocycles. The van der Waals surface area contributed by atoms with Crippen molar-refractivity contribution in [1.82, 2.24) is 4.90 Å². The Morgan fingerprint density at radius 1 is 1.00 bits per heavy atom. The van der Waals surface area contributed by atoms with Crippen LogP contribution >= 0.6 is 0 Å². The zero-order chi connectivity index (χ0) is 25.9. The molecule has 1 fully saturated rings. The Balaban J connectivity index is 1.52. The molecule has 0 aliphatic carbocycles. The third kappa shape index (κ3) is 8.89. The molecule has 1 aliphatic rings. The number of carbonyl (C=O) groups is 2. The highest BCUT2D eigenvalue weighted by molar-refractivity contribution is 5.79. The topological polar surface area (TPSA) is 75.9 Å². The van der Waals surface area contributed by atoms with Crippen molar-refractivity contribution in [1.29, 1.82) is 0 Å². The summed E-state index contributed by atoms with van der Waals surface area (Å²) in [4.78, 5) is 28.3. The fraction of sp³-hybridized carbons (Fsp3) is 0.533. The van der Waals surface area contributed by atoms with Crippen LogP contribution in [0.4, 0.5) is 5.69 Å². The van der Waals surface area contributed by atoms with Crippen LogP contribution in [0.5, 0.6) is 5.75 Å². The third-order valence-corrected chi connectivity index (χ3v) is 7.15. The summed E-state index contributed by atoms with van der Waals surface area (Å²) in [6, 6.07) is 18.7. The summed E-state index contributed by atoms with van der Waals surface area (Å²) in [6.45, 7) is 10.5. The van der Waals surface area contributed by atoms with Crippen LogP contribution in [0.25, 0.3) is 0 Å². The third-order valence-electron chi connectivity index (χ3n) is 7.15. The molecule has 0 saturated carbocycles. The van der Waals surface area contributed by atoms with E-state index >= 15 is 0 Å². The number of likely N-dealkylation sites (tertiary alicyclic amines) is 1. The first kappa shape index (κ1) is 27.6. The van der Waals surface area contributed by atoms with Crippen molar-refractivity contribution in [2.45, 2.75) is 59.5 Å². The van der Waals surface area contributed by atoms with Crippen molar-refractivity contribution in [2.24, 2.45) is 23.5 Å². The standard InChI is InChI=1S/C30H43N3O3/c1-23(2)15-18-33(27-10-12-28(13-11-27)36-22-26-7-5-4-6-8-26)21-25-16-19-32(20-17-25)29(34)14-9-24(3)30(31)35/h4-8,10-13,23-25H,9,14-22H2,1-3H3,(H2,31,35). The summed E-state index contributed by atoms with van der Waals surface area (Å²) < 4.78 is 5.98. The normalized spacial score (nSPS) is 15.1. The van der Waals surface area contributed by atoms with Gasteiger partial charge in [0.25, 0.3) is 0 Å². The summed E-state index contributed by atoms with van der Waals surface area (Å²) in [6.07, 6.45) is 4.08. The van der Waals surface area contributed by atoms with Gasteiger partial charge in [-0.05, 0) is 67.3 Å². The molecule has 2 N–H and O–H groups in total. The highest BCUT2D eigenvalue weighted by Gasteiger charge is 2.25. The number of nitrogens with two attached hydrogens (primary N) is 1. The van der Waals surface area contributed by atoms with Crippen molar-refractivity contribution in [2.75, 3.05) is 31.1 Å². The lowest BCUT2D eigenvalue weighted by Crippen LogP contribution is -2.42. The Morgan fingerprint density at radius 2 is 1.67 bits per heavy atom. The van der Waals surface area contributed by atoms with Gasteiger partial charge in [-0.1, -0.05) is 51.1 Å². The average molecular weight is 494 g/mol. The largest absolute Gasteiger partial charge is 0.489 e. The van der Waals surface area contributed by atoms with E-state index in [-0.39, 0.29) is 17.7 Å². The quantitative estimate of drug-likeness (QED) is 0.413. The van der Waals surface area contributed by atoms with E-state index in [1.54, 1.807) is 6.92 Å². The molecule has 2 amide bonds. The molecule has 2 aromatic rings. The number of carbonyl (C=O) groups excluding carboxylic acids is 2. The van der Waals surface area contributed by atoms with E-state index in [0.29, 0.717) is 31.3 Å². The summed E-state index contributed by atoms with van der Waals surface area (Å²) in [7, 11) is 0. The number of benzene rings is 2. The molecule has 1 saturated heterocycles. The summed E-state index contributed by atoms with van der Waals surface area (Å²) >= 11 is 0. The maximum Gasteiger partial charge on any atom is 0.222 e. The van der Waals surface area contributed by atoms with E-state index in [4.69, 9.17) is 10.5 Å². The molecule has 1 unspecified atom stereocenters. The second-order valence-corrected chi connectivity index (χ2v) is 10.6. The number of rotatable bonds is 13. The van der Waals surface area contributed by atoms with E-state index in [1.165, 1.54) is 5.69 Å². The number of nitrogens with zero attached hydrogens (tertiary/aromatic N) is 2. The molecule has 36 heavy (non-hydrogen) atoms. The van der Waals surface area contributed by atoms with Gasteiger partial charge in [-0.3, -0.25) is 9.59 Å². The highest BCUT2D eigenvalue weighted by atomic mass is 16.5. The molecule has 6 heteroatoms. The van der Waals surface area contributed by atoms with Crippen LogP contribution < -0.4 is 15.4 Å². The molecule has 0 radical (unpaired) electrons. The smallest absolute Gasteiger partial charge is 0.222 e. The van der Waals surface area contributed by atoms with Crippen LogP contribution in [0, 0.1) is 17.8 Å². The van der Waals surface area contributed by atoms with Crippen molar-refractivity contribution in [3.63, 3.8) is 0 Å².